The first-order valence-electron chi connectivity index (χ1n) is 14.2. The van der Waals surface area contributed by atoms with Crippen LogP contribution in [0.5, 0.6) is 17.2 Å². The number of esters is 1. The van der Waals surface area contributed by atoms with Gasteiger partial charge in [0.1, 0.15) is 30.5 Å². The summed E-state index contributed by atoms with van der Waals surface area (Å²) in [5.74, 6) is 1.41. The van der Waals surface area contributed by atoms with Gasteiger partial charge in [-0.05, 0) is 59.5 Å². The second-order valence-corrected chi connectivity index (χ2v) is 9.69. The molecule has 0 saturated heterocycles. The first-order valence-corrected chi connectivity index (χ1v) is 14.2. The number of rotatable bonds is 15. The van der Waals surface area contributed by atoms with Crippen LogP contribution in [0.3, 0.4) is 0 Å². The van der Waals surface area contributed by atoms with Gasteiger partial charge in [0.05, 0.1) is 25.7 Å². The summed E-state index contributed by atoms with van der Waals surface area (Å²) in [5.41, 5.74) is 3.95. The molecule has 0 aliphatic rings. The number of carbonyl (C=O) groups is 2. The normalized spacial score (nSPS) is 10.5. The summed E-state index contributed by atoms with van der Waals surface area (Å²) in [4.78, 5) is 24.8. The summed E-state index contributed by atoms with van der Waals surface area (Å²) in [6, 6.07) is 30.8. The number of ether oxygens (including phenoxy) is 4. The van der Waals surface area contributed by atoms with Gasteiger partial charge in [-0.25, -0.2) is 0 Å². The lowest BCUT2D eigenvalue weighted by molar-refractivity contribution is -0.140. The zero-order valence-electron chi connectivity index (χ0n) is 24.1. The number of unbranched alkanes of at least 4 members (excludes halogenated alkanes) is 1. The van der Waals surface area contributed by atoms with Crippen LogP contribution in [-0.4, -0.2) is 32.1 Å². The molecule has 1 N–H and O–H groups in total. The minimum atomic E-state index is -0.388. The fourth-order valence-electron chi connectivity index (χ4n) is 4.25. The average molecular weight is 568 g/mol. The lowest BCUT2D eigenvalue weighted by Crippen LogP contribution is -2.27. The molecule has 4 aromatic carbocycles. The van der Waals surface area contributed by atoms with E-state index in [1.807, 2.05) is 84.9 Å². The second kappa shape index (κ2) is 15.9. The summed E-state index contributed by atoms with van der Waals surface area (Å²) in [7, 11) is 1.32. The van der Waals surface area contributed by atoms with Crippen LogP contribution >= 0.6 is 0 Å². The molecule has 0 aliphatic carbocycles. The third-order valence-electron chi connectivity index (χ3n) is 6.59. The van der Waals surface area contributed by atoms with E-state index in [1.165, 1.54) is 7.11 Å². The van der Waals surface area contributed by atoms with E-state index in [0.717, 1.165) is 35.3 Å². The molecule has 0 saturated carbocycles. The number of amides is 1. The highest BCUT2D eigenvalue weighted by molar-refractivity contribution is 6.02. The van der Waals surface area contributed by atoms with Crippen molar-refractivity contribution in [2.75, 3.05) is 20.3 Å². The molecule has 0 heterocycles. The molecule has 7 heteroatoms. The van der Waals surface area contributed by atoms with Crippen molar-refractivity contribution < 1.29 is 28.5 Å². The number of methoxy groups -OCH3 is 1. The van der Waals surface area contributed by atoms with Gasteiger partial charge in [-0.1, -0.05) is 74.0 Å². The molecule has 0 aliphatic heterocycles. The standard InChI is InChI=1S/C35H37NO6/c1-3-4-23-40-29-17-13-27(14-18-29)25-42-32-12-8-11-31(35(38)36-22-21-33(37)39-2)34(32)28-15-19-30(20-16-28)41-24-26-9-6-5-7-10-26/h5-20H,3-4,21-25H2,1-2H3,(H,36,38). The maximum Gasteiger partial charge on any atom is 0.307 e. The van der Waals surface area contributed by atoms with Crippen molar-refractivity contribution in [1.82, 2.24) is 5.32 Å². The van der Waals surface area contributed by atoms with Crippen LogP contribution in [0, 0.1) is 0 Å². The summed E-state index contributed by atoms with van der Waals surface area (Å²) in [6.45, 7) is 3.76. The molecule has 1 amide bonds. The van der Waals surface area contributed by atoms with Crippen molar-refractivity contribution in [1.29, 1.82) is 0 Å². The quantitative estimate of drug-likeness (QED) is 0.123. The molecule has 0 unspecified atom stereocenters. The monoisotopic (exact) mass is 567 g/mol. The van der Waals surface area contributed by atoms with E-state index in [1.54, 1.807) is 12.1 Å². The summed E-state index contributed by atoms with van der Waals surface area (Å²) >= 11 is 0. The van der Waals surface area contributed by atoms with Crippen LogP contribution < -0.4 is 19.5 Å². The largest absolute Gasteiger partial charge is 0.494 e. The van der Waals surface area contributed by atoms with Crippen molar-refractivity contribution in [3.8, 4) is 28.4 Å². The molecule has 4 aromatic rings. The lowest BCUT2D eigenvalue weighted by Gasteiger charge is -2.17. The second-order valence-electron chi connectivity index (χ2n) is 9.69. The predicted octanol–water partition coefficient (Wildman–Crippen LogP) is 6.98. The van der Waals surface area contributed by atoms with Gasteiger partial charge in [0.15, 0.2) is 0 Å². The van der Waals surface area contributed by atoms with Crippen molar-refractivity contribution >= 4 is 11.9 Å². The average Bonchev–Trinajstić information content (AvgIpc) is 3.04. The molecule has 0 atom stereocenters. The zero-order chi connectivity index (χ0) is 29.6. The van der Waals surface area contributed by atoms with E-state index in [9.17, 15) is 9.59 Å². The fraction of sp³-hybridized carbons (Fsp3) is 0.257. The molecule has 4 rings (SSSR count). The van der Waals surface area contributed by atoms with E-state index in [0.29, 0.717) is 42.4 Å². The molecule has 7 nitrogen and oxygen atoms in total. The van der Waals surface area contributed by atoms with E-state index in [4.69, 9.17) is 14.2 Å². The third kappa shape index (κ3) is 8.86. The van der Waals surface area contributed by atoms with Gasteiger partial charge in [0, 0.05) is 12.1 Å². The molecule has 0 spiro atoms. The Morgan fingerprint density at radius 2 is 1.38 bits per heavy atom. The van der Waals surface area contributed by atoms with Crippen molar-refractivity contribution in [3.05, 3.63) is 114 Å². The molecule has 42 heavy (non-hydrogen) atoms. The molecular formula is C35H37NO6. The lowest BCUT2D eigenvalue weighted by atomic mass is 9.97. The van der Waals surface area contributed by atoms with E-state index < -0.39 is 0 Å². The van der Waals surface area contributed by atoms with E-state index in [-0.39, 0.29) is 24.8 Å². The maximum absolute atomic E-state index is 13.2. The van der Waals surface area contributed by atoms with Crippen LogP contribution in [0.25, 0.3) is 11.1 Å². The van der Waals surface area contributed by atoms with Crippen molar-refractivity contribution in [2.24, 2.45) is 0 Å². The van der Waals surface area contributed by atoms with Gasteiger partial charge < -0.3 is 24.3 Å². The number of hydrogen-bond acceptors (Lipinski definition) is 6. The minimum Gasteiger partial charge on any atom is -0.494 e. The highest BCUT2D eigenvalue weighted by Crippen LogP contribution is 2.35. The molecule has 0 radical (unpaired) electrons. The van der Waals surface area contributed by atoms with Crippen LogP contribution in [0.2, 0.25) is 0 Å². The van der Waals surface area contributed by atoms with Crippen LogP contribution in [0.1, 0.15) is 47.7 Å². The Bertz CT molecular complexity index is 1420. The Balaban J connectivity index is 1.53. The van der Waals surface area contributed by atoms with Gasteiger partial charge in [-0.15, -0.1) is 0 Å². The highest BCUT2D eigenvalue weighted by atomic mass is 16.5. The van der Waals surface area contributed by atoms with Gasteiger partial charge in [-0.2, -0.15) is 0 Å². The molecule has 0 fully saturated rings. The maximum atomic E-state index is 13.2. The Labute approximate surface area is 247 Å². The number of nitrogens with one attached hydrogen (secondary N) is 1. The molecular weight excluding hydrogens is 530 g/mol. The Kier molecular flexibility index (Phi) is 11.4. The predicted molar refractivity (Wildman–Crippen MR) is 163 cm³/mol. The smallest absolute Gasteiger partial charge is 0.307 e. The highest BCUT2D eigenvalue weighted by Gasteiger charge is 2.18. The zero-order valence-corrected chi connectivity index (χ0v) is 24.1. The topological polar surface area (TPSA) is 83.1 Å². The van der Waals surface area contributed by atoms with E-state index in [2.05, 4.69) is 17.0 Å². The Morgan fingerprint density at radius 1 is 0.714 bits per heavy atom. The molecule has 0 aromatic heterocycles. The summed E-state index contributed by atoms with van der Waals surface area (Å²) < 4.78 is 22.7. The molecule has 0 bridgehead atoms. The number of hydrogen-bond donors (Lipinski definition) is 1. The van der Waals surface area contributed by atoms with Crippen LogP contribution in [0.4, 0.5) is 0 Å². The minimum absolute atomic E-state index is 0.0827. The van der Waals surface area contributed by atoms with Crippen molar-refractivity contribution in [2.45, 2.75) is 39.4 Å². The Hall–Kier alpha value is -4.78. The van der Waals surface area contributed by atoms with Crippen LogP contribution in [-0.2, 0) is 22.7 Å². The van der Waals surface area contributed by atoms with Gasteiger partial charge in [-0.3, -0.25) is 9.59 Å². The van der Waals surface area contributed by atoms with E-state index >= 15 is 0 Å². The number of carbonyl (C=O) groups excluding carboxylic acids is 2. The number of benzene rings is 4. The first kappa shape index (κ1) is 30.2. The van der Waals surface area contributed by atoms with Crippen LogP contribution in [0.15, 0.2) is 97.1 Å². The van der Waals surface area contributed by atoms with Crippen molar-refractivity contribution in [3.63, 3.8) is 0 Å². The summed E-state index contributed by atoms with van der Waals surface area (Å²) in [5, 5.41) is 2.82. The van der Waals surface area contributed by atoms with Gasteiger partial charge in [0.2, 0.25) is 0 Å². The third-order valence-corrected chi connectivity index (χ3v) is 6.59. The fourth-order valence-corrected chi connectivity index (χ4v) is 4.25. The Morgan fingerprint density at radius 3 is 2.10 bits per heavy atom. The van der Waals surface area contributed by atoms with Gasteiger partial charge >= 0.3 is 5.97 Å². The van der Waals surface area contributed by atoms with Gasteiger partial charge in [0.25, 0.3) is 5.91 Å². The first-order chi connectivity index (χ1) is 20.6. The molecule has 218 valence electrons. The SMILES string of the molecule is CCCCOc1ccc(COc2cccc(C(=O)NCCC(=O)OC)c2-c2ccc(OCc3ccccc3)cc2)cc1. The summed E-state index contributed by atoms with van der Waals surface area (Å²) in [6.07, 6.45) is 2.18.